The number of hydrogen-bond acceptors (Lipinski definition) is 4. The highest BCUT2D eigenvalue weighted by atomic mass is 32.2. The van der Waals surface area contributed by atoms with Gasteiger partial charge in [0.15, 0.2) is 5.11 Å². The molecule has 0 bridgehead atoms. The minimum atomic E-state index is -3.57. The van der Waals surface area contributed by atoms with E-state index in [0.717, 1.165) is 0 Å². The van der Waals surface area contributed by atoms with Gasteiger partial charge in [0, 0.05) is 12.2 Å². The zero-order valence-corrected chi connectivity index (χ0v) is 10.5. The molecule has 1 rings (SSSR count). The fourth-order valence-electron chi connectivity index (χ4n) is 1.12. The van der Waals surface area contributed by atoms with Gasteiger partial charge in [-0.2, -0.15) is 0 Å². The van der Waals surface area contributed by atoms with Crippen molar-refractivity contribution >= 4 is 33.0 Å². The van der Waals surface area contributed by atoms with Crippen LogP contribution in [0, 0.1) is 0 Å². The molecule has 0 heterocycles. The molecule has 0 atom stereocenters. The third kappa shape index (κ3) is 4.27. The van der Waals surface area contributed by atoms with Crippen LogP contribution in [0.25, 0.3) is 0 Å². The normalized spacial score (nSPS) is 11.1. The van der Waals surface area contributed by atoms with E-state index in [2.05, 4.69) is 22.3 Å². The Hall–Kier alpha value is -1.22. The Morgan fingerprint density at radius 2 is 1.94 bits per heavy atom. The molecule has 0 spiro atoms. The number of nitrogens with two attached hydrogens (primary N) is 1. The Labute approximate surface area is 105 Å². The Bertz CT molecular complexity index is 485. The maximum absolute atomic E-state index is 11.6. The summed E-state index contributed by atoms with van der Waals surface area (Å²) in [6.07, 6.45) is 0. The third-order valence-corrected chi connectivity index (χ3v) is 3.42. The van der Waals surface area contributed by atoms with Crippen LogP contribution in [0.15, 0.2) is 29.2 Å². The molecular weight excluding hydrogens is 262 g/mol. The van der Waals surface area contributed by atoms with Crippen molar-refractivity contribution in [2.45, 2.75) is 4.90 Å². The lowest BCUT2D eigenvalue weighted by molar-refractivity contribution is 0.301. The van der Waals surface area contributed by atoms with Crippen LogP contribution in [0.3, 0.4) is 0 Å². The van der Waals surface area contributed by atoms with E-state index in [1.54, 1.807) is 12.1 Å². The molecule has 0 amide bonds. The molecule has 0 aliphatic carbocycles. The fourth-order valence-corrected chi connectivity index (χ4v) is 2.26. The van der Waals surface area contributed by atoms with Crippen molar-refractivity contribution in [1.29, 1.82) is 0 Å². The SMILES string of the molecule is NC(=S)Nc1ccc(S(=O)(=O)NCCO)cc1. The lowest BCUT2D eigenvalue weighted by Gasteiger charge is -2.07. The summed E-state index contributed by atoms with van der Waals surface area (Å²) < 4.78 is 25.5. The summed E-state index contributed by atoms with van der Waals surface area (Å²) in [5, 5.41) is 11.3. The zero-order valence-electron chi connectivity index (χ0n) is 8.88. The van der Waals surface area contributed by atoms with Crippen molar-refractivity contribution in [1.82, 2.24) is 4.72 Å². The van der Waals surface area contributed by atoms with Crippen LogP contribution in [-0.4, -0.2) is 31.8 Å². The molecule has 0 aliphatic rings. The monoisotopic (exact) mass is 275 g/mol. The second-order valence-electron chi connectivity index (χ2n) is 3.14. The van der Waals surface area contributed by atoms with E-state index in [-0.39, 0.29) is 23.2 Å². The van der Waals surface area contributed by atoms with Gasteiger partial charge in [-0.25, -0.2) is 13.1 Å². The summed E-state index contributed by atoms with van der Waals surface area (Å²) >= 11 is 4.65. The molecule has 0 unspecified atom stereocenters. The van der Waals surface area contributed by atoms with Gasteiger partial charge in [-0.3, -0.25) is 0 Å². The highest BCUT2D eigenvalue weighted by molar-refractivity contribution is 7.89. The van der Waals surface area contributed by atoms with Gasteiger partial charge in [-0.1, -0.05) is 0 Å². The number of nitrogens with one attached hydrogen (secondary N) is 2. The Kier molecular flexibility index (Phi) is 4.82. The van der Waals surface area contributed by atoms with Gasteiger partial charge in [-0.05, 0) is 36.5 Å². The highest BCUT2D eigenvalue weighted by Crippen LogP contribution is 2.13. The number of rotatable bonds is 5. The topological polar surface area (TPSA) is 104 Å². The average molecular weight is 275 g/mol. The van der Waals surface area contributed by atoms with Crippen molar-refractivity contribution in [2.75, 3.05) is 18.5 Å². The van der Waals surface area contributed by atoms with Crippen molar-refractivity contribution in [2.24, 2.45) is 5.73 Å². The molecule has 1 aromatic carbocycles. The predicted molar refractivity (Wildman–Crippen MR) is 69.1 cm³/mol. The molecule has 94 valence electrons. The third-order valence-electron chi connectivity index (χ3n) is 1.84. The fraction of sp³-hybridized carbons (Fsp3) is 0.222. The van der Waals surface area contributed by atoms with E-state index in [0.29, 0.717) is 5.69 Å². The highest BCUT2D eigenvalue weighted by Gasteiger charge is 2.12. The number of aliphatic hydroxyl groups is 1. The van der Waals surface area contributed by atoms with Crippen molar-refractivity contribution in [3.05, 3.63) is 24.3 Å². The lowest BCUT2D eigenvalue weighted by atomic mass is 10.3. The maximum Gasteiger partial charge on any atom is 0.240 e. The van der Waals surface area contributed by atoms with E-state index in [9.17, 15) is 8.42 Å². The van der Waals surface area contributed by atoms with Gasteiger partial charge in [0.2, 0.25) is 10.0 Å². The Balaban J connectivity index is 2.83. The predicted octanol–water partition coefficient (Wildman–Crippen LogP) is -0.387. The van der Waals surface area contributed by atoms with Crippen molar-refractivity contribution < 1.29 is 13.5 Å². The van der Waals surface area contributed by atoms with Crippen LogP contribution in [0.5, 0.6) is 0 Å². The standard InChI is InChI=1S/C9H13N3O3S2/c10-9(16)12-7-1-3-8(4-2-7)17(14,15)11-5-6-13/h1-4,11,13H,5-6H2,(H3,10,12,16). The van der Waals surface area contributed by atoms with Crippen LogP contribution in [0.4, 0.5) is 5.69 Å². The van der Waals surface area contributed by atoms with Gasteiger partial charge in [-0.15, -0.1) is 0 Å². The molecule has 0 saturated heterocycles. The summed E-state index contributed by atoms with van der Waals surface area (Å²) in [5.41, 5.74) is 5.89. The van der Waals surface area contributed by atoms with Crippen LogP contribution in [0.2, 0.25) is 0 Å². The van der Waals surface area contributed by atoms with E-state index < -0.39 is 10.0 Å². The number of anilines is 1. The first-order valence-electron chi connectivity index (χ1n) is 4.73. The molecule has 0 radical (unpaired) electrons. The van der Waals surface area contributed by atoms with Crippen LogP contribution < -0.4 is 15.8 Å². The van der Waals surface area contributed by atoms with Crippen molar-refractivity contribution in [3.63, 3.8) is 0 Å². The first kappa shape index (κ1) is 13.8. The molecule has 0 aromatic heterocycles. The molecule has 1 aromatic rings. The number of benzene rings is 1. The minimum absolute atomic E-state index is 0.0186. The molecule has 5 N–H and O–H groups in total. The van der Waals surface area contributed by atoms with Crippen LogP contribution >= 0.6 is 12.2 Å². The quantitative estimate of drug-likeness (QED) is 0.546. The molecule has 0 saturated carbocycles. The van der Waals surface area contributed by atoms with E-state index >= 15 is 0 Å². The average Bonchev–Trinajstić information content (AvgIpc) is 2.26. The van der Waals surface area contributed by atoms with Crippen molar-refractivity contribution in [3.8, 4) is 0 Å². The summed E-state index contributed by atoms with van der Waals surface area (Å²) in [5.74, 6) is 0. The van der Waals surface area contributed by atoms with E-state index in [1.807, 2.05) is 0 Å². The molecule has 0 fully saturated rings. The van der Waals surface area contributed by atoms with Gasteiger partial charge >= 0.3 is 0 Å². The zero-order chi connectivity index (χ0) is 12.9. The number of sulfonamides is 1. The molecule has 6 nitrogen and oxygen atoms in total. The van der Waals surface area contributed by atoms with Gasteiger partial charge in [0.25, 0.3) is 0 Å². The Morgan fingerprint density at radius 3 is 2.41 bits per heavy atom. The van der Waals surface area contributed by atoms with Crippen LogP contribution in [0.1, 0.15) is 0 Å². The molecule has 8 heteroatoms. The summed E-state index contributed by atoms with van der Waals surface area (Å²) in [4.78, 5) is 0.111. The van der Waals surface area contributed by atoms with E-state index in [4.69, 9.17) is 10.8 Å². The second kappa shape index (κ2) is 5.92. The lowest BCUT2D eigenvalue weighted by Crippen LogP contribution is -2.26. The summed E-state index contributed by atoms with van der Waals surface area (Å²) in [6, 6.07) is 5.93. The summed E-state index contributed by atoms with van der Waals surface area (Å²) in [7, 11) is -3.57. The first-order chi connectivity index (χ1) is 7.95. The number of hydrogen-bond donors (Lipinski definition) is 4. The van der Waals surface area contributed by atoms with Crippen LogP contribution in [-0.2, 0) is 10.0 Å². The maximum atomic E-state index is 11.6. The molecular formula is C9H13N3O3S2. The number of thiocarbonyl (C=S) groups is 1. The smallest absolute Gasteiger partial charge is 0.240 e. The minimum Gasteiger partial charge on any atom is -0.395 e. The second-order valence-corrected chi connectivity index (χ2v) is 5.34. The number of aliphatic hydroxyl groups excluding tert-OH is 1. The molecule has 17 heavy (non-hydrogen) atoms. The largest absolute Gasteiger partial charge is 0.395 e. The van der Waals surface area contributed by atoms with Gasteiger partial charge < -0.3 is 16.2 Å². The van der Waals surface area contributed by atoms with Gasteiger partial charge in [0.05, 0.1) is 11.5 Å². The Morgan fingerprint density at radius 1 is 1.35 bits per heavy atom. The van der Waals surface area contributed by atoms with Gasteiger partial charge in [0.1, 0.15) is 0 Å². The van der Waals surface area contributed by atoms with E-state index in [1.165, 1.54) is 12.1 Å². The first-order valence-corrected chi connectivity index (χ1v) is 6.62. The molecule has 0 aliphatic heterocycles. The summed E-state index contributed by atoms with van der Waals surface area (Å²) in [6.45, 7) is -0.268.